The van der Waals surface area contributed by atoms with Crippen LogP contribution in [0.2, 0.25) is 0 Å². The summed E-state index contributed by atoms with van der Waals surface area (Å²) >= 11 is 0. The second-order valence-electron chi connectivity index (χ2n) is 4.52. The molecule has 1 fully saturated rings. The molecule has 0 spiro atoms. The van der Waals surface area contributed by atoms with Crippen LogP contribution in [-0.4, -0.2) is 43.6 Å². The summed E-state index contributed by atoms with van der Waals surface area (Å²) in [6.45, 7) is 0.784. The highest BCUT2D eigenvalue weighted by Crippen LogP contribution is 2.38. The van der Waals surface area contributed by atoms with E-state index in [2.05, 4.69) is 0 Å². The number of rotatable bonds is 3. The highest BCUT2D eigenvalue weighted by Gasteiger charge is 2.32. The standard InChI is InChI=1S/C13H13NO5/c1-14-3-2-9(13(14)16)19-10-5-12-11(17-7-18-12)4-8(10)6-15/h4-6,9H,2-3,7H2,1H3. The van der Waals surface area contributed by atoms with Gasteiger partial charge in [-0.15, -0.1) is 0 Å². The number of hydrogen-bond acceptors (Lipinski definition) is 5. The third-order valence-electron chi connectivity index (χ3n) is 3.28. The Morgan fingerprint density at radius 2 is 2.11 bits per heavy atom. The smallest absolute Gasteiger partial charge is 0.263 e. The summed E-state index contributed by atoms with van der Waals surface area (Å²) in [5.41, 5.74) is 0.353. The maximum atomic E-state index is 11.8. The van der Waals surface area contributed by atoms with E-state index in [1.165, 1.54) is 0 Å². The third-order valence-corrected chi connectivity index (χ3v) is 3.28. The Morgan fingerprint density at radius 3 is 2.74 bits per heavy atom. The fourth-order valence-corrected chi connectivity index (χ4v) is 2.19. The van der Waals surface area contributed by atoms with Crippen molar-refractivity contribution in [1.29, 1.82) is 0 Å². The minimum atomic E-state index is -0.538. The molecule has 1 aromatic rings. The minimum Gasteiger partial charge on any atom is -0.480 e. The van der Waals surface area contributed by atoms with Gasteiger partial charge < -0.3 is 19.1 Å². The Morgan fingerprint density at radius 1 is 1.37 bits per heavy atom. The van der Waals surface area contributed by atoms with Gasteiger partial charge in [-0.1, -0.05) is 0 Å². The van der Waals surface area contributed by atoms with Gasteiger partial charge in [0.05, 0.1) is 5.56 Å². The Bertz CT molecular complexity index is 542. The number of hydrogen-bond donors (Lipinski definition) is 0. The van der Waals surface area contributed by atoms with Crippen molar-refractivity contribution in [1.82, 2.24) is 4.90 Å². The lowest BCUT2D eigenvalue weighted by Crippen LogP contribution is -2.29. The van der Waals surface area contributed by atoms with Crippen molar-refractivity contribution in [2.45, 2.75) is 12.5 Å². The summed E-state index contributed by atoms with van der Waals surface area (Å²) in [7, 11) is 1.73. The van der Waals surface area contributed by atoms with Gasteiger partial charge in [0.25, 0.3) is 5.91 Å². The molecule has 6 nitrogen and oxygen atoms in total. The number of amides is 1. The fourth-order valence-electron chi connectivity index (χ4n) is 2.19. The first-order valence-electron chi connectivity index (χ1n) is 5.99. The van der Waals surface area contributed by atoms with Crippen LogP contribution in [-0.2, 0) is 4.79 Å². The van der Waals surface area contributed by atoms with Crippen molar-refractivity contribution < 1.29 is 23.8 Å². The predicted molar refractivity (Wildman–Crippen MR) is 64.6 cm³/mol. The van der Waals surface area contributed by atoms with Crippen molar-refractivity contribution in [2.75, 3.05) is 20.4 Å². The minimum absolute atomic E-state index is 0.0745. The van der Waals surface area contributed by atoms with Gasteiger partial charge in [0, 0.05) is 26.1 Å². The highest BCUT2D eigenvalue weighted by molar-refractivity contribution is 5.85. The molecule has 19 heavy (non-hydrogen) atoms. The number of benzene rings is 1. The van der Waals surface area contributed by atoms with Gasteiger partial charge >= 0.3 is 0 Å². The number of carbonyl (C=O) groups is 2. The molecule has 1 aromatic carbocycles. The second-order valence-corrected chi connectivity index (χ2v) is 4.52. The van der Waals surface area contributed by atoms with Gasteiger partial charge in [-0.2, -0.15) is 0 Å². The number of likely N-dealkylation sites (N-methyl/N-ethyl adjacent to an activating group) is 1. The van der Waals surface area contributed by atoms with E-state index in [1.54, 1.807) is 24.1 Å². The van der Waals surface area contributed by atoms with Crippen LogP contribution < -0.4 is 14.2 Å². The number of likely N-dealkylation sites (tertiary alicyclic amines) is 1. The van der Waals surface area contributed by atoms with Gasteiger partial charge in [-0.25, -0.2) is 0 Å². The summed E-state index contributed by atoms with van der Waals surface area (Å²) in [6, 6.07) is 3.16. The summed E-state index contributed by atoms with van der Waals surface area (Å²) in [5, 5.41) is 0. The van der Waals surface area contributed by atoms with Crippen LogP contribution in [0, 0.1) is 0 Å². The van der Waals surface area contributed by atoms with Crippen LogP contribution in [0.25, 0.3) is 0 Å². The fraction of sp³-hybridized carbons (Fsp3) is 0.385. The van der Waals surface area contributed by atoms with Crippen LogP contribution in [0.1, 0.15) is 16.8 Å². The topological polar surface area (TPSA) is 65.1 Å². The Balaban J connectivity index is 1.88. The summed E-state index contributed by atoms with van der Waals surface area (Å²) in [5.74, 6) is 1.33. The zero-order valence-corrected chi connectivity index (χ0v) is 10.4. The summed E-state index contributed by atoms with van der Waals surface area (Å²) in [6.07, 6.45) is 0.756. The maximum absolute atomic E-state index is 11.8. The molecule has 0 bridgehead atoms. The molecule has 0 aliphatic carbocycles. The lowest BCUT2D eigenvalue weighted by Gasteiger charge is -2.14. The van der Waals surface area contributed by atoms with Crippen LogP contribution in [0.3, 0.4) is 0 Å². The summed E-state index contributed by atoms with van der Waals surface area (Å²) in [4.78, 5) is 24.5. The molecule has 2 aliphatic heterocycles. The molecule has 0 radical (unpaired) electrons. The van der Waals surface area contributed by atoms with E-state index in [4.69, 9.17) is 14.2 Å². The molecule has 0 aromatic heterocycles. The van der Waals surface area contributed by atoms with E-state index in [0.717, 1.165) is 0 Å². The van der Waals surface area contributed by atoms with E-state index >= 15 is 0 Å². The number of ether oxygens (including phenoxy) is 3. The molecular formula is C13H13NO5. The zero-order chi connectivity index (χ0) is 13.4. The quantitative estimate of drug-likeness (QED) is 0.756. The number of aldehydes is 1. The SMILES string of the molecule is CN1CCC(Oc2cc3c(cc2C=O)OCO3)C1=O. The second kappa shape index (κ2) is 4.46. The molecule has 1 amide bonds. The molecule has 1 saturated heterocycles. The molecule has 2 aliphatic rings. The van der Waals surface area contributed by atoms with Gasteiger partial charge in [0.2, 0.25) is 6.79 Å². The van der Waals surface area contributed by atoms with E-state index in [1.807, 2.05) is 0 Å². The van der Waals surface area contributed by atoms with Crippen molar-refractivity contribution >= 4 is 12.2 Å². The van der Waals surface area contributed by atoms with E-state index < -0.39 is 6.10 Å². The van der Waals surface area contributed by atoms with Gasteiger partial charge in [-0.3, -0.25) is 9.59 Å². The first kappa shape index (κ1) is 11.8. The Labute approximate surface area is 109 Å². The van der Waals surface area contributed by atoms with E-state index in [0.29, 0.717) is 42.1 Å². The molecule has 0 N–H and O–H groups in total. The molecule has 1 unspecified atom stereocenters. The van der Waals surface area contributed by atoms with Gasteiger partial charge in [0.15, 0.2) is 23.9 Å². The monoisotopic (exact) mass is 263 g/mol. The third kappa shape index (κ3) is 1.99. The Hall–Kier alpha value is -2.24. The lowest BCUT2D eigenvalue weighted by atomic mass is 10.2. The van der Waals surface area contributed by atoms with Gasteiger partial charge in [-0.05, 0) is 6.07 Å². The van der Waals surface area contributed by atoms with Crippen molar-refractivity contribution in [3.63, 3.8) is 0 Å². The number of carbonyl (C=O) groups excluding carboxylic acids is 2. The molecule has 1 atom stereocenters. The average molecular weight is 263 g/mol. The molecule has 2 heterocycles. The molecule has 3 rings (SSSR count). The maximum Gasteiger partial charge on any atom is 0.263 e. The van der Waals surface area contributed by atoms with E-state index in [9.17, 15) is 9.59 Å². The lowest BCUT2D eigenvalue weighted by molar-refractivity contribution is -0.132. The highest BCUT2D eigenvalue weighted by atomic mass is 16.7. The van der Waals surface area contributed by atoms with E-state index in [-0.39, 0.29) is 12.7 Å². The molecular weight excluding hydrogens is 250 g/mol. The first-order valence-corrected chi connectivity index (χ1v) is 5.99. The van der Waals surface area contributed by atoms with Crippen LogP contribution >= 0.6 is 0 Å². The van der Waals surface area contributed by atoms with Crippen molar-refractivity contribution in [3.05, 3.63) is 17.7 Å². The Kier molecular flexibility index (Phi) is 2.77. The average Bonchev–Trinajstić information content (AvgIpc) is 2.99. The molecule has 100 valence electrons. The van der Waals surface area contributed by atoms with Crippen LogP contribution in [0.5, 0.6) is 17.2 Å². The van der Waals surface area contributed by atoms with Gasteiger partial charge in [0.1, 0.15) is 5.75 Å². The summed E-state index contributed by atoms with van der Waals surface area (Å²) < 4.78 is 16.1. The normalized spacial score (nSPS) is 20.8. The zero-order valence-electron chi connectivity index (χ0n) is 10.4. The number of fused-ring (bicyclic) bond motifs is 1. The van der Waals surface area contributed by atoms with Crippen LogP contribution in [0.15, 0.2) is 12.1 Å². The van der Waals surface area contributed by atoms with Crippen LogP contribution in [0.4, 0.5) is 0 Å². The molecule has 0 saturated carbocycles. The molecule has 6 heteroatoms. The van der Waals surface area contributed by atoms with Crippen molar-refractivity contribution in [3.8, 4) is 17.2 Å². The van der Waals surface area contributed by atoms with Crippen molar-refractivity contribution in [2.24, 2.45) is 0 Å². The first-order chi connectivity index (χ1) is 9.19. The number of nitrogens with zero attached hydrogens (tertiary/aromatic N) is 1. The largest absolute Gasteiger partial charge is 0.480 e. The predicted octanol–water partition coefficient (Wildman–Crippen LogP) is 0.837.